The van der Waals surface area contributed by atoms with E-state index in [0.29, 0.717) is 19.4 Å². The minimum absolute atomic E-state index is 0.0439. The van der Waals surface area contributed by atoms with Crippen molar-refractivity contribution in [3.63, 3.8) is 0 Å². The molecule has 0 unspecified atom stereocenters. The summed E-state index contributed by atoms with van der Waals surface area (Å²) in [4.78, 5) is 23.3. The van der Waals surface area contributed by atoms with Crippen molar-refractivity contribution < 1.29 is 28.2 Å². The molecular formula is C18H26FNO5. The van der Waals surface area contributed by atoms with Gasteiger partial charge in [-0.05, 0) is 58.7 Å². The highest BCUT2D eigenvalue weighted by Gasteiger charge is 2.18. The van der Waals surface area contributed by atoms with Gasteiger partial charge in [0.2, 0.25) is 0 Å². The highest BCUT2D eigenvalue weighted by Crippen LogP contribution is 2.21. The van der Waals surface area contributed by atoms with Crippen molar-refractivity contribution >= 4 is 12.1 Å². The fraction of sp³-hybridized carbons (Fsp3) is 0.556. The Bertz CT molecular complexity index is 598. The van der Waals surface area contributed by atoms with Crippen LogP contribution in [-0.4, -0.2) is 37.4 Å². The number of ether oxygens (including phenoxy) is 3. The van der Waals surface area contributed by atoms with Gasteiger partial charge in [0.25, 0.3) is 0 Å². The molecule has 0 aromatic heterocycles. The second-order valence-corrected chi connectivity index (χ2v) is 6.67. The molecule has 25 heavy (non-hydrogen) atoms. The highest BCUT2D eigenvalue weighted by atomic mass is 19.1. The molecule has 0 aliphatic heterocycles. The van der Waals surface area contributed by atoms with Crippen molar-refractivity contribution in [2.75, 3.05) is 13.7 Å². The number of hydrogen-bond donors (Lipinski definition) is 1. The molecule has 6 nitrogen and oxygen atoms in total. The summed E-state index contributed by atoms with van der Waals surface area (Å²) in [6.45, 7) is 7.57. The van der Waals surface area contributed by atoms with E-state index in [1.54, 1.807) is 20.8 Å². The van der Waals surface area contributed by atoms with Crippen LogP contribution in [0.1, 0.15) is 50.9 Å². The fourth-order valence-corrected chi connectivity index (χ4v) is 2.05. The fourth-order valence-electron chi connectivity index (χ4n) is 2.05. The summed E-state index contributed by atoms with van der Waals surface area (Å²) in [6.07, 6.45) is 0.829. The first-order valence-electron chi connectivity index (χ1n) is 8.12. The van der Waals surface area contributed by atoms with Gasteiger partial charge in [-0.15, -0.1) is 0 Å². The van der Waals surface area contributed by atoms with Crippen LogP contribution in [0.2, 0.25) is 0 Å². The van der Waals surface area contributed by atoms with Gasteiger partial charge >= 0.3 is 12.1 Å². The van der Waals surface area contributed by atoms with Gasteiger partial charge < -0.3 is 19.5 Å². The van der Waals surface area contributed by atoms with Crippen LogP contribution < -0.4 is 10.1 Å². The number of alkyl carbamates (subject to hydrolysis) is 1. The van der Waals surface area contributed by atoms with Gasteiger partial charge in [0.05, 0.1) is 13.7 Å². The zero-order valence-electron chi connectivity index (χ0n) is 15.3. The molecule has 0 bridgehead atoms. The minimum atomic E-state index is -0.658. The summed E-state index contributed by atoms with van der Waals surface area (Å²) >= 11 is 0. The monoisotopic (exact) mass is 355 g/mol. The molecule has 0 fully saturated rings. The summed E-state index contributed by atoms with van der Waals surface area (Å²) in [5.41, 5.74) is -0.498. The van der Waals surface area contributed by atoms with Gasteiger partial charge in [0.15, 0.2) is 0 Å². The first kappa shape index (κ1) is 20.7. The zero-order valence-corrected chi connectivity index (χ0v) is 15.3. The summed E-state index contributed by atoms with van der Waals surface area (Å²) in [7, 11) is 1.22. The normalized spacial score (nSPS) is 12.2. The summed E-state index contributed by atoms with van der Waals surface area (Å²) in [5.74, 6) is -0.932. The third-order valence-corrected chi connectivity index (χ3v) is 3.15. The summed E-state index contributed by atoms with van der Waals surface area (Å²) < 4.78 is 28.6. The van der Waals surface area contributed by atoms with E-state index in [2.05, 4.69) is 10.1 Å². The molecule has 0 heterocycles. The quantitative estimate of drug-likeness (QED) is 0.596. The predicted molar refractivity (Wildman–Crippen MR) is 91.3 cm³/mol. The Morgan fingerprint density at radius 2 is 1.96 bits per heavy atom. The first-order valence-corrected chi connectivity index (χ1v) is 8.12. The lowest BCUT2D eigenvalue weighted by molar-refractivity contribution is 0.0503. The van der Waals surface area contributed by atoms with E-state index in [9.17, 15) is 14.0 Å². The number of methoxy groups -OCH3 is 1. The number of nitrogens with one attached hydrogen (secondary N) is 1. The Hall–Kier alpha value is -2.31. The molecule has 0 spiro atoms. The Morgan fingerprint density at radius 3 is 2.56 bits per heavy atom. The van der Waals surface area contributed by atoms with Crippen molar-refractivity contribution in [3.8, 4) is 5.75 Å². The Balaban J connectivity index is 2.43. The number of amides is 1. The summed E-state index contributed by atoms with van der Waals surface area (Å²) in [6, 6.07) is 3.60. The van der Waals surface area contributed by atoms with Crippen molar-refractivity contribution in [1.29, 1.82) is 0 Å². The third-order valence-electron chi connectivity index (χ3n) is 3.15. The third kappa shape index (κ3) is 7.87. The maximum atomic E-state index is 13.3. The second kappa shape index (κ2) is 9.25. The molecule has 1 rings (SSSR count). The van der Waals surface area contributed by atoms with E-state index in [1.165, 1.54) is 19.2 Å². The minimum Gasteiger partial charge on any atom is -0.493 e. The van der Waals surface area contributed by atoms with Crippen LogP contribution in [0.3, 0.4) is 0 Å². The predicted octanol–water partition coefficient (Wildman–Crippen LogP) is 3.68. The molecule has 0 saturated heterocycles. The number of benzene rings is 1. The summed E-state index contributed by atoms with van der Waals surface area (Å²) in [5, 5.41) is 2.74. The van der Waals surface area contributed by atoms with Crippen molar-refractivity contribution in [2.24, 2.45) is 0 Å². The molecule has 140 valence electrons. The van der Waals surface area contributed by atoms with Crippen LogP contribution in [0.15, 0.2) is 18.2 Å². The van der Waals surface area contributed by atoms with Crippen LogP contribution >= 0.6 is 0 Å². The van der Waals surface area contributed by atoms with Gasteiger partial charge in [-0.2, -0.15) is 0 Å². The number of carbonyl (C=O) groups excluding carboxylic acids is 2. The van der Waals surface area contributed by atoms with E-state index in [1.807, 2.05) is 6.92 Å². The smallest absolute Gasteiger partial charge is 0.407 e. The Morgan fingerprint density at radius 1 is 1.28 bits per heavy atom. The Labute approximate surface area is 147 Å². The molecule has 7 heteroatoms. The van der Waals surface area contributed by atoms with Crippen LogP contribution in [0.5, 0.6) is 5.75 Å². The maximum Gasteiger partial charge on any atom is 0.407 e. The van der Waals surface area contributed by atoms with Crippen molar-refractivity contribution in [2.45, 2.75) is 52.2 Å². The lowest BCUT2D eigenvalue weighted by Gasteiger charge is -2.22. The molecule has 1 aromatic rings. The van der Waals surface area contributed by atoms with Crippen molar-refractivity contribution in [3.05, 3.63) is 29.6 Å². The maximum absolute atomic E-state index is 13.3. The number of carbonyl (C=O) groups is 2. The van der Waals surface area contributed by atoms with Crippen LogP contribution in [0.25, 0.3) is 0 Å². The van der Waals surface area contributed by atoms with Gasteiger partial charge in [0.1, 0.15) is 22.7 Å². The molecule has 0 radical (unpaired) electrons. The van der Waals surface area contributed by atoms with Gasteiger partial charge in [-0.25, -0.2) is 14.0 Å². The molecule has 1 N–H and O–H groups in total. The molecule has 0 saturated carbocycles. The van der Waals surface area contributed by atoms with E-state index in [4.69, 9.17) is 9.47 Å². The van der Waals surface area contributed by atoms with E-state index >= 15 is 0 Å². The van der Waals surface area contributed by atoms with Gasteiger partial charge in [-0.3, -0.25) is 0 Å². The van der Waals surface area contributed by atoms with Crippen LogP contribution in [0.4, 0.5) is 9.18 Å². The number of rotatable bonds is 7. The topological polar surface area (TPSA) is 73.9 Å². The van der Waals surface area contributed by atoms with E-state index < -0.39 is 23.5 Å². The van der Waals surface area contributed by atoms with E-state index in [-0.39, 0.29) is 17.4 Å². The molecular weight excluding hydrogens is 329 g/mol. The zero-order chi connectivity index (χ0) is 19.0. The lowest BCUT2D eigenvalue weighted by atomic mass is 10.2. The largest absolute Gasteiger partial charge is 0.493 e. The molecule has 1 amide bonds. The standard InChI is InChI=1S/C18H26FNO5/c1-12(20-17(22)25-18(2,3)4)7-6-10-24-15-9-8-13(19)11-14(15)16(21)23-5/h8-9,11-12H,6-7,10H2,1-5H3,(H,20,22)/t12-/m1/s1. The number of hydrogen-bond acceptors (Lipinski definition) is 5. The Kier molecular flexibility index (Phi) is 7.67. The molecule has 0 aliphatic rings. The first-order chi connectivity index (χ1) is 11.6. The van der Waals surface area contributed by atoms with Crippen LogP contribution in [-0.2, 0) is 9.47 Å². The van der Waals surface area contributed by atoms with Gasteiger partial charge in [0, 0.05) is 6.04 Å². The SMILES string of the molecule is COC(=O)c1cc(F)ccc1OCCC[C@@H](C)NC(=O)OC(C)(C)C. The average Bonchev–Trinajstić information content (AvgIpc) is 2.49. The molecule has 1 atom stereocenters. The van der Waals surface area contributed by atoms with Crippen LogP contribution in [0, 0.1) is 5.82 Å². The molecule has 0 aliphatic carbocycles. The van der Waals surface area contributed by atoms with Gasteiger partial charge in [-0.1, -0.05) is 0 Å². The van der Waals surface area contributed by atoms with Crippen molar-refractivity contribution in [1.82, 2.24) is 5.32 Å². The van der Waals surface area contributed by atoms with E-state index in [0.717, 1.165) is 6.07 Å². The average molecular weight is 355 g/mol. The highest BCUT2D eigenvalue weighted by molar-refractivity contribution is 5.92. The number of halogens is 1. The molecule has 1 aromatic carbocycles. The number of esters is 1. The lowest BCUT2D eigenvalue weighted by Crippen LogP contribution is -2.37. The second-order valence-electron chi connectivity index (χ2n) is 6.67.